The van der Waals surface area contributed by atoms with Crippen LogP contribution in [0.3, 0.4) is 0 Å². The average molecular weight is 254 g/mol. The molecule has 3 heteroatoms. The lowest BCUT2D eigenvalue weighted by molar-refractivity contribution is 0.391. The fraction of sp³-hybridized carbons (Fsp3) is 0.786. The zero-order valence-corrected chi connectivity index (χ0v) is 12.8. The molecule has 0 saturated carbocycles. The molecule has 0 aliphatic heterocycles. The second-order valence-electron chi connectivity index (χ2n) is 6.25. The lowest BCUT2D eigenvalue weighted by atomic mass is 9.98. The van der Waals surface area contributed by atoms with Gasteiger partial charge in [-0.05, 0) is 18.4 Å². The minimum absolute atomic E-state index is 0.175. The van der Waals surface area contributed by atoms with Gasteiger partial charge in [-0.15, -0.1) is 11.3 Å². The minimum Gasteiger partial charge on any atom is -0.311 e. The third-order valence-corrected chi connectivity index (χ3v) is 4.42. The van der Waals surface area contributed by atoms with E-state index in [1.165, 1.54) is 10.7 Å². The van der Waals surface area contributed by atoms with Gasteiger partial charge in [0.05, 0.1) is 10.7 Å². The summed E-state index contributed by atoms with van der Waals surface area (Å²) >= 11 is 1.77. The summed E-state index contributed by atoms with van der Waals surface area (Å²) in [5.74, 6) is 1.46. The summed E-state index contributed by atoms with van der Waals surface area (Å²) in [6.45, 7) is 15.4. The number of nitrogens with one attached hydrogen (secondary N) is 1. The Bertz CT molecular complexity index is 336. The van der Waals surface area contributed by atoms with Gasteiger partial charge in [-0.1, -0.05) is 41.5 Å². The van der Waals surface area contributed by atoms with Crippen LogP contribution in [0.15, 0.2) is 5.38 Å². The summed E-state index contributed by atoms with van der Waals surface area (Å²) in [6.07, 6.45) is 0. The standard InChI is InChI=1S/C14H26N2S/c1-10(2)11(3)7-15-8-12-9-17-13(16-12)14(4,5)6/h9-11,15H,7-8H2,1-6H3. The van der Waals surface area contributed by atoms with Crippen molar-refractivity contribution in [2.24, 2.45) is 11.8 Å². The number of thiazole rings is 1. The molecule has 0 amide bonds. The lowest BCUT2D eigenvalue weighted by Crippen LogP contribution is -2.24. The highest BCUT2D eigenvalue weighted by molar-refractivity contribution is 7.09. The molecule has 1 aromatic rings. The van der Waals surface area contributed by atoms with Crippen LogP contribution in [0, 0.1) is 11.8 Å². The first-order valence-electron chi connectivity index (χ1n) is 6.46. The van der Waals surface area contributed by atoms with E-state index in [0.29, 0.717) is 0 Å². The first kappa shape index (κ1) is 14.7. The van der Waals surface area contributed by atoms with Gasteiger partial charge in [0.25, 0.3) is 0 Å². The van der Waals surface area contributed by atoms with Gasteiger partial charge in [-0.2, -0.15) is 0 Å². The topological polar surface area (TPSA) is 24.9 Å². The van der Waals surface area contributed by atoms with Crippen LogP contribution in [0.4, 0.5) is 0 Å². The number of hydrogen-bond acceptors (Lipinski definition) is 3. The zero-order valence-electron chi connectivity index (χ0n) is 12.0. The van der Waals surface area contributed by atoms with Crippen molar-refractivity contribution in [1.82, 2.24) is 10.3 Å². The average Bonchev–Trinajstić information content (AvgIpc) is 2.65. The monoisotopic (exact) mass is 254 g/mol. The van der Waals surface area contributed by atoms with Gasteiger partial charge < -0.3 is 5.32 Å². The molecule has 1 unspecified atom stereocenters. The van der Waals surface area contributed by atoms with Gasteiger partial charge >= 0.3 is 0 Å². The molecule has 98 valence electrons. The van der Waals surface area contributed by atoms with E-state index in [-0.39, 0.29) is 5.41 Å². The van der Waals surface area contributed by atoms with Crippen molar-refractivity contribution in [1.29, 1.82) is 0 Å². The van der Waals surface area contributed by atoms with Crippen molar-refractivity contribution in [3.05, 3.63) is 16.1 Å². The van der Waals surface area contributed by atoms with Crippen molar-refractivity contribution in [2.75, 3.05) is 6.54 Å². The van der Waals surface area contributed by atoms with Crippen molar-refractivity contribution in [3.8, 4) is 0 Å². The van der Waals surface area contributed by atoms with Crippen LogP contribution in [0.2, 0.25) is 0 Å². The molecule has 0 spiro atoms. The Morgan fingerprint density at radius 2 is 1.94 bits per heavy atom. The lowest BCUT2D eigenvalue weighted by Gasteiger charge is -2.15. The molecule has 0 fully saturated rings. The highest BCUT2D eigenvalue weighted by atomic mass is 32.1. The third kappa shape index (κ3) is 4.76. The Kier molecular flexibility index (Phi) is 5.14. The number of aromatic nitrogens is 1. The second kappa shape index (κ2) is 5.96. The van der Waals surface area contributed by atoms with Gasteiger partial charge in [0, 0.05) is 17.3 Å². The van der Waals surface area contributed by atoms with Gasteiger partial charge in [-0.3, -0.25) is 0 Å². The second-order valence-corrected chi connectivity index (χ2v) is 7.10. The van der Waals surface area contributed by atoms with Crippen molar-refractivity contribution < 1.29 is 0 Å². The Balaban J connectivity index is 2.41. The Morgan fingerprint density at radius 3 is 2.41 bits per heavy atom. The minimum atomic E-state index is 0.175. The number of hydrogen-bond donors (Lipinski definition) is 1. The predicted octanol–water partition coefficient (Wildman–Crippen LogP) is 3.82. The summed E-state index contributed by atoms with van der Waals surface area (Å²) < 4.78 is 0. The number of nitrogens with zero attached hydrogens (tertiary/aromatic N) is 1. The molecule has 1 atom stereocenters. The summed E-state index contributed by atoms with van der Waals surface area (Å²) in [5, 5.41) is 6.89. The Morgan fingerprint density at radius 1 is 1.29 bits per heavy atom. The van der Waals surface area contributed by atoms with Crippen LogP contribution in [0.1, 0.15) is 52.2 Å². The molecule has 0 aliphatic carbocycles. The Labute approximate surface area is 110 Å². The molecule has 0 aliphatic rings. The van der Waals surface area contributed by atoms with Crippen LogP contribution in [0.25, 0.3) is 0 Å². The van der Waals surface area contributed by atoms with Crippen LogP contribution in [-0.4, -0.2) is 11.5 Å². The molecule has 0 aromatic carbocycles. The van der Waals surface area contributed by atoms with Crippen LogP contribution in [-0.2, 0) is 12.0 Å². The van der Waals surface area contributed by atoms with E-state index in [2.05, 4.69) is 57.2 Å². The fourth-order valence-electron chi connectivity index (χ4n) is 1.40. The van der Waals surface area contributed by atoms with E-state index in [9.17, 15) is 0 Å². The van der Waals surface area contributed by atoms with E-state index < -0.39 is 0 Å². The largest absolute Gasteiger partial charge is 0.311 e. The maximum atomic E-state index is 4.68. The molecule has 1 aromatic heterocycles. The molecule has 1 rings (SSSR count). The van der Waals surface area contributed by atoms with Gasteiger partial charge in [0.1, 0.15) is 0 Å². The molecule has 0 radical (unpaired) electrons. The molecular weight excluding hydrogens is 228 g/mol. The molecule has 1 N–H and O–H groups in total. The first-order chi connectivity index (χ1) is 7.80. The van der Waals surface area contributed by atoms with Crippen LogP contribution in [0.5, 0.6) is 0 Å². The molecule has 17 heavy (non-hydrogen) atoms. The van der Waals surface area contributed by atoms with E-state index in [1.54, 1.807) is 11.3 Å². The van der Waals surface area contributed by atoms with E-state index in [4.69, 9.17) is 0 Å². The first-order valence-corrected chi connectivity index (χ1v) is 7.34. The fourth-order valence-corrected chi connectivity index (χ4v) is 2.30. The summed E-state index contributed by atoms with van der Waals surface area (Å²) in [7, 11) is 0. The highest BCUT2D eigenvalue weighted by Gasteiger charge is 2.17. The van der Waals surface area contributed by atoms with Crippen molar-refractivity contribution >= 4 is 11.3 Å². The Hall–Kier alpha value is -0.410. The van der Waals surface area contributed by atoms with Crippen molar-refractivity contribution in [3.63, 3.8) is 0 Å². The van der Waals surface area contributed by atoms with Gasteiger partial charge in [-0.25, -0.2) is 4.98 Å². The van der Waals surface area contributed by atoms with Gasteiger partial charge in [0.15, 0.2) is 0 Å². The van der Waals surface area contributed by atoms with Crippen molar-refractivity contribution in [2.45, 2.75) is 53.5 Å². The maximum Gasteiger partial charge on any atom is 0.0982 e. The van der Waals surface area contributed by atoms with E-state index >= 15 is 0 Å². The van der Waals surface area contributed by atoms with E-state index in [1.807, 2.05) is 0 Å². The quantitative estimate of drug-likeness (QED) is 0.864. The summed E-state index contributed by atoms with van der Waals surface area (Å²) in [6, 6.07) is 0. The van der Waals surface area contributed by atoms with Gasteiger partial charge in [0.2, 0.25) is 0 Å². The highest BCUT2D eigenvalue weighted by Crippen LogP contribution is 2.25. The summed E-state index contributed by atoms with van der Waals surface area (Å²) in [4.78, 5) is 4.68. The molecule has 0 saturated heterocycles. The maximum absolute atomic E-state index is 4.68. The predicted molar refractivity (Wildman–Crippen MR) is 76.5 cm³/mol. The molecular formula is C14H26N2S. The van der Waals surface area contributed by atoms with Crippen LogP contribution >= 0.6 is 11.3 Å². The molecule has 1 heterocycles. The van der Waals surface area contributed by atoms with E-state index in [0.717, 1.165) is 24.9 Å². The van der Waals surface area contributed by atoms with Crippen LogP contribution < -0.4 is 5.32 Å². The summed E-state index contributed by atoms with van der Waals surface area (Å²) in [5.41, 5.74) is 1.35. The SMILES string of the molecule is CC(C)C(C)CNCc1csc(C(C)(C)C)n1. The third-order valence-electron chi connectivity index (χ3n) is 3.10. The smallest absolute Gasteiger partial charge is 0.0982 e. The zero-order chi connectivity index (χ0) is 13.1. The molecule has 0 bridgehead atoms. The normalized spacial score (nSPS) is 14.3. The number of rotatable bonds is 5. The molecule has 2 nitrogen and oxygen atoms in total.